The van der Waals surface area contributed by atoms with E-state index in [4.69, 9.17) is 11.6 Å². The van der Waals surface area contributed by atoms with E-state index in [2.05, 4.69) is 5.32 Å². The number of carbonyl (C=O) groups excluding carboxylic acids is 1. The number of anilines is 1. The van der Waals surface area contributed by atoms with Crippen LogP contribution in [0.3, 0.4) is 0 Å². The van der Waals surface area contributed by atoms with Crippen molar-refractivity contribution in [1.82, 2.24) is 4.90 Å². The van der Waals surface area contributed by atoms with Gasteiger partial charge in [-0.25, -0.2) is 4.39 Å². The predicted molar refractivity (Wildman–Crippen MR) is 78.4 cm³/mol. The summed E-state index contributed by atoms with van der Waals surface area (Å²) in [6.45, 7) is 5.41. The lowest BCUT2D eigenvalue weighted by molar-refractivity contribution is -0.121. The second kappa shape index (κ2) is 6.52. The highest BCUT2D eigenvalue weighted by molar-refractivity contribution is 6.33. The molecule has 0 saturated carbocycles. The van der Waals surface area contributed by atoms with Gasteiger partial charge in [-0.05, 0) is 46.0 Å². The summed E-state index contributed by atoms with van der Waals surface area (Å²) in [5.74, 6) is -0.731. The van der Waals surface area contributed by atoms with Gasteiger partial charge in [0.15, 0.2) is 0 Å². The lowest BCUT2D eigenvalue weighted by atomic mass is 10.1. The van der Waals surface area contributed by atoms with E-state index < -0.39 is 17.5 Å². The van der Waals surface area contributed by atoms with Crippen LogP contribution in [0.5, 0.6) is 0 Å². The van der Waals surface area contributed by atoms with Crippen molar-refractivity contribution < 1.29 is 14.3 Å². The summed E-state index contributed by atoms with van der Waals surface area (Å²) in [4.78, 5) is 13.8. The minimum Gasteiger partial charge on any atom is -0.389 e. The van der Waals surface area contributed by atoms with Gasteiger partial charge in [0, 0.05) is 6.54 Å². The Balaban J connectivity index is 2.70. The van der Waals surface area contributed by atoms with E-state index in [1.807, 2.05) is 0 Å². The van der Waals surface area contributed by atoms with Crippen molar-refractivity contribution >= 4 is 23.2 Å². The van der Waals surface area contributed by atoms with E-state index in [0.29, 0.717) is 12.2 Å². The normalized spacial score (nSPS) is 13.4. The minimum absolute atomic E-state index is 0.149. The first-order chi connectivity index (χ1) is 9.10. The molecule has 0 spiro atoms. The fraction of sp³-hybridized carbons (Fsp3) is 0.500. The van der Waals surface area contributed by atoms with Gasteiger partial charge >= 0.3 is 0 Å². The van der Waals surface area contributed by atoms with Gasteiger partial charge in [-0.1, -0.05) is 11.6 Å². The molecule has 1 aromatic carbocycles. The molecular weight excluding hydrogens is 283 g/mol. The van der Waals surface area contributed by atoms with Crippen LogP contribution >= 0.6 is 11.6 Å². The first-order valence-corrected chi connectivity index (χ1v) is 6.66. The third-order valence-corrected chi connectivity index (χ3v) is 3.18. The number of halogens is 2. The molecule has 4 nitrogen and oxygen atoms in total. The Labute approximate surface area is 123 Å². The Kier molecular flexibility index (Phi) is 5.50. The van der Waals surface area contributed by atoms with Gasteiger partial charge in [-0.2, -0.15) is 0 Å². The Hall–Kier alpha value is -1.17. The van der Waals surface area contributed by atoms with Gasteiger partial charge in [0.1, 0.15) is 5.82 Å². The van der Waals surface area contributed by atoms with Crippen LogP contribution in [0, 0.1) is 5.82 Å². The highest BCUT2D eigenvalue weighted by atomic mass is 35.5. The van der Waals surface area contributed by atoms with Gasteiger partial charge in [0.05, 0.1) is 22.4 Å². The molecule has 0 aliphatic heterocycles. The maximum absolute atomic E-state index is 12.9. The topological polar surface area (TPSA) is 52.6 Å². The number of nitrogens with zero attached hydrogens (tertiary/aromatic N) is 1. The average Bonchev–Trinajstić information content (AvgIpc) is 2.29. The first kappa shape index (κ1) is 16.9. The highest BCUT2D eigenvalue weighted by Gasteiger charge is 2.24. The number of hydrogen-bond donors (Lipinski definition) is 2. The van der Waals surface area contributed by atoms with Crippen molar-refractivity contribution in [2.45, 2.75) is 32.4 Å². The molecule has 0 heterocycles. The molecule has 6 heteroatoms. The molecule has 2 N–H and O–H groups in total. The van der Waals surface area contributed by atoms with E-state index in [1.54, 1.807) is 32.7 Å². The molecule has 0 radical (unpaired) electrons. The van der Waals surface area contributed by atoms with E-state index in [-0.39, 0.29) is 10.9 Å². The maximum Gasteiger partial charge on any atom is 0.241 e. The minimum atomic E-state index is -0.892. The van der Waals surface area contributed by atoms with Gasteiger partial charge in [0.2, 0.25) is 5.91 Å². The Morgan fingerprint density at radius 1 is 1.55 bits per heavy atom. The van der Waals surface area contributed by atoms with E-state index in [0.717, 1.165) is 6.07 Å². The van der Waals surface area contributed by atoms with E-state index in [9.17, 15) is 14.3 Å². The molecule has 0 aliphatic rings. The molecule has 1 atom stereocenters. The monoisotopic (exact) mass is 302 g/mol. The second-order valence-corrected chi connectivity index (χ2v) is 5.92. The zero-order chi connectivity index (χ0) is 15.5. The molecule has 0 aliphatic carbocycles. The molecule has 0 saturated heterocycles. The molecule has 0 aromatic heterocycles. The van der Waals surface area contributed by atoms with Crippen molar-refractivity contribution in [3.63, 3.8) is 0 Å². The molecule has 0 bridgehead atoms. The van der Waals surface area contributed by atoms with Crippen LogP contribution in [0.1, 0.15) is 20.8 Å². The summed E-state index contributed by atoms with van der Waals surface area (Å²) in [6, 6.07) is 3.33. The summed E-state index contributed by atoms with van der Waals surface area (Å²) >= 11 is 5.86. The lowest BCUT2D eigenvalue weighted by Gasteiger charge is -2.29. The largest absolute Gasteiger partial charge is 0.389 e. The standard InChI is InChI=1S/C14H20ClFN2O2/c1-9(18(4)8-14(2,3)20)13(19)17-12-6-5-10(16)7-11(12)15/h5-7,9,20H,8H2,1-4H3,(H,17,19). The van der Waals surface area contributed by atoms with Crippen molar-refractivity contribution in [2.75, 3.05) is 18.9 Å². The van der Waals surface area contributed by atoms with Gasteiger partial charge in [-0.3, -0.25) is 9.69 Å². The molecule has 1 unspecified atom stereocenters. The first-order valence-electron chi connectivity index (χ1n) is 6.28. The summed E-state index contributed by atoms with van der Waals surface area (Å²) in [5.41, 5.74) is -0.529. The maximum atomic E-state index is 12.9. The van der Waals surface area contributed by atoms with Crippen molar-refractivity contribution in [1.29, 1.82) is 0 Å². The number of carbonyl (C=O) groups is 1. The van der Waals surface area contributed by atoms with Crippen LogP contribution in [0.25, 0.3) is 0 Å². The predicted octanol–water partition coefficient (Wildman–Crippen LogP) is 2.51. The van der Waals surface area contributed by atoms with Gasteiger partial charge < -0.3 is 10.4 Å². The van der Waals surface area contributed by atoms with Crippen LogP contribution in [0.4, 0.5) is 10.1 Å². The Morgan fingerprint density at radius 2 is 2.15 bits per heavy atom. The smallest absolute Gasteiger partial charge is 0.241 e. The Bertz CT molecular complexity index is 489. The highest BCUT2D eigenvalue weighted by Crippen LogP contribution is 2.22. The number of likely N-dealkylation sites (N-methyl/N-ethyl adjacent to an activating group) is 1. The van der Waals surface area contributed by atoms with Crippen molar-refractivity contribution in [3.05, 3.63) is 29.0 Å². The zero-order valence-electron chi connectivity index (χ0n) is 12.1. The average molecular weight is 303 g/mol. The molecule has 112 valence electrons. The number of rotatable bonds is 5. The SMILES string of the molecule is CC(C(=O)Nc1ccc(F)cc1Cl)N(C)CC(C)(C)O. The van der Waals surface area contributed by atoms with Crippen molar-refractivity contribution in [3.8, 4) is 0 Å². The van der Waals surface area contributed by atoms with Gasteiger partial charge in [0.25, 0.3) is 0 Å². The molecular formula is C14H20ClFN2O2. The molecule has 20 heavy (non-hydrogen) atoms. The van der Waals surface area contributed by atoms with E-state index >= 15 is 0 Å². The quantitative estimate of drug-likeness (QED) is 0.879. The lowest BCUT2D eigenvalue weighted by Crippen LogP contribution is -2.46. The number of aliphatic hydroxyl groups is 1. The number of nitrogens with one attached hydrogen (secondary N) is 1. The van der Waals surface area contributed by atoms with Crippen LogP contribution in [-0.2, 0) is 4.79 Å². The van der Waals surface area contributed by atoms with Crippen LogP contribution in [0.2, 0.25) is 5.02 Å². The molecule has 0 fully saturated rings. The third-order valence-electron chi connectivity index (χ3n) is 2.87. The summed E-state index contributed by atoms with van der Waals surface area (Å²) in [6.07, 6.45) is 0. The summed E-state index contributed by atoms with van der Waals surface area (Å²) in [7, 11) is 1.74. The van der Waals surface area contributed by atoms with Crippen LogP contribution < -0.4 is 5.32 Å². The summed E-state index contributed by atoms with van der Waals surface area (Å²) in [5, 5.41) is 12.5. The summed E-state index contributed by atoms with van der Waals surface area (Å²) < 4.78 is 12.9. The van der Waals surface area contributed by atoms with Crippen LogP contribution in [-0.4, -0.2) is 41.1 Å². The number of benzene rings is 1. The zero-order valence-corrected chi connectivity index (χ0v) is 12.8. The van der Waals surface area contributed by atoms with Gasteiger partial charge in [-0.15, -0.1) is 0 Å². The molecule has 1 aromatic rings. The van der Waals surface area contributed by atoms with E-state index in [1.165, 1.54) is 12.1 Å². The number of hydrogen-bond acceptors (Lipinski definition) is 3. The molecule has 1 amide bonds. The molecule has 1 rings (SSSR count). The number of amides is 1. The third kappa shape index (κ3) is 5.07. The second-order valence-electron chi connectivity index (χ2n) is 5.52. The van der Waals surface area contributed by atoms with Crippen LogP contribution in [0.15, 0.2) is 18.2 Å². The Morgan fingerprint density at radius 3 is 2.65 bits per heavy atom. The fourth-order valence-electron chi connectivity index (χ4n) is 1.78. The van der Waals surface area contributed by atoms with Crippen molar-refractivity contribution in [2.24, 2.45) is 0 Å². The fourth-order valence-corrected chi connectivity index (χ4v) is 1.99.